The average molecular weight is 406 g/mol. The van der Waals surface area contributed by atoms with E-state index >= 15 is 0 Å². The molecular weight excluding hydrogens is 394 g/mol. The Kier molecular flexibility index (Phi) is 4.76. The van der Waals surface area contributed by atoms with Crippen molar-refractivity contribution in [3.05, 3.63) is 50.3 Å². The smallest absolute Gasteiger partial charge is 0.258 e. The van der Waals surface area contributed by atoms with E-state index in [4.69, 9.17) is 12.2 Å². The zero-order valence-electron chi connectivity index (χ0n) is 12.0. The fourth-order valence-corrected chi connectivity index (χ4v) is 4.53. The number of anilines is 1. The molecule has 0 radical (unpaired) electrons. The molecule has 2 aromatic rings. The Morgan fingerprint density at radius 3 is 2.87 bits per heavy atom. The maximum absolute atomic E-state index is 12.2. The number of carbonyl (C=O) groups is 1. The van der Waals surface area contributed by atoms with Gasteiger partial charge in [-0.2, -0.15) is 5.26 Å². The van der Waals surface area contributed by atoms with Gasteiger partial charge in [-0.25, -0.2) is 0 Å². The van der Waals surface area contributed by atoms with E-state index in [2.05, 4.69) is 32.6 Å². The van der Waals surface area contributed by atoms with Crippen molar-refractivity contribution in [2.45, 2.75) is 19.3 Å². The average Bonchev–Trinajstić information content (AvgIpc) is 3.07. The number of hydrogen-bond donors (Lipinski definition) is 2. The summed E-state index contributed by atoms with van der Waals surface area (Å²) in [5.41, 5.74) is 2.28. The van der Waals surface area contributed by atoms with Crippen LogP contribution in [0.25, 0.3) is 0 Å². The Morgan fingerprint density at radius 2 is 2.13 bits per heavy atom. The quantitative estimate of drug-likeness (QED) is 0.741. The summed E-state index contributed by atoms with van der Waals surface area (Å²) < 4.78 is 0.702. The molecule has 0 saturated carbocycles. The fraction of sp³-hybridized carbons (Fsp3) is 0.188. The van der Waals surface area contributed by atoms with Crippen LogP contribution in [0.5, 0.6) is 0 Å². The van der Waals surface area contributed by atoms with Crippen LogP contribution < -0.4 is 10.6 Å². The number of halogens is 1. The first kappa shape index (κ1) is 16.1. The molecule has 7 heteroatoms. The van der Waals surface area contributed by atoms with E-state index in [1.54, 1.807) is 29.5 Å². The first-order valence-corrected chi connectivity index (χ1v) is 9.03. The highest BCUT2D eigenvalue weighted by Crippen LogP contribution is 2.38. The molecule has 0 unspecified atom stereocenters. The van der Waals surface area contributed by atoms with Gasteiger partial charge in [0.2, 0.25) is 0 Å². The largest absolute Gasteiger partial charge is 0.323 e. The Balaban J connectivity index is 1.72. The summed E-state index contributed by atoms with van der Waals surface area (Å²) in [5, 5.41) is 15.9. The van der Waals surface area contributed by atoms with Gasteiger partial charge in [0, 0.05) is 9.35 Å². The van der Waals surface area contributed by atoms with Crippen LogP contribution >= 0.6 is 39.5 Å². The number of nitrogens with one attached hydrogen (secondary N) is 2. The van der Waals surface area contributed by atoms with Crippen molar-refractivity contribution in [2.75, 3.05) is 5.32 Å². The van der Waals surface area contributed by atoms with Crippen LogP contribution in [0.15, 0.2) is 28.7 Å². The lowest BCUT2D eigenvalue weighted by atomic mass is 10.1. The van der Waals surface area contributed by atoms with Crippen LogP contribution in [0.1, 0.15) is 32.8 Å². The Hall–Kier alpha value is -1.75. The molecule has 3 rings (SSSR count). The van der Waals surface area contributed by atoms with Gasteiger partial charge < -0.3 is 5.32 Å². The summed E-state index contributed by atoms with van der Waals surface area (Å²) in [6.07, 6.45) is 3.04. The number of nitriles is 1. The highest BCUT2D eigenvalue weighted by atomic mass is 79.9. The number of thiocarbonyl (C=S) groups is 1. The molecule has 0 saturated heterocycles. The SMILES string of the molecule is N#Cc1c(NC(=S)NC(=O)c2ccccc2Br)sc2c1CCC2. The van der Waals surface area contributed by atoms with Crippen LogP contribution in [0, 0.1) is 11.3 Å². The van der Waals surface area contributed by atoms with E-state index in [0.717, 1.165) is 29.8 Å². The summed E-state index contributed by atoms with van der Waals surface area (Å²) >= 11 is 10.1. The number of aryl methyl sites for hydroxylation is 1. The van der Waals surface area contributed by atoms with Gasteiger partial charge in [0.05, 0.1) is 11.1 Å². The van der Waals surface area contributed by atoms with Crippen molar-refractivity contribution < 1.29 is 4.79 Å². The Bertz CT molecular complexity index is 838. The standard InChI is InChI=1S/C16H12BrN3OS2/c17-12-6-2-1-4-10(12)14(21)19-16(22)20-15-11(8-18)9-5-3-7-13(9)23-15/h1-2,4,6H,3,5,7H2,(H2,19,20,21,22). The van der Waals surface area contributed by atoms with Crippen molar-refractivity contribution in [2.24, 2.45) is 0 Å². The Labute approximate surface area is 151 Å². The minimum atomic E-state index is -0.294. The normalized spacial score (nSPS) is 12.3. The second kappa shape index (κ2) is 6.79. The van der Waals surface area contributed by atoms with Crippen molar-refractivity contribution in [1.29, 1.82) is 5.26 Å². The molecule has 0 bridgehead atoms. The maximum atomic E-state index is 12.2. The molecule has 0 atom stereocenters. The molecule has 0 aliphatic heterocycles. The summed E-state index contributed by atoms with van der Waals surface area (Å²) in [6, 6.07) is 9.37. The predicted octanol–water partition coefficient (Wildman–Crippen LogP) is 4.00. The summed E-state index contributed by atoms with van der Waals surface area (Å²) in [5.74, 6) is -0.294. The summed E-state index contributed by atoms with van der Waals surface area (Å²) in [7, 11) is 0. The zero-order chi connectivity index (χ0) is 16.4. The second-order valence-corrected chi connectivity index (χ2v) is 7.43. The Morgan fingerprint density at radius 1 is 1.35 bits per heavy atom. The minimum Gasteiger partial charge on any atom is -0.323 e. The molecule has 1 heterocycles. The number of thiophene rings is 1. The van der Waals surface area contributed by atoms with Crippen molar-refractivity contribution in [3.8, 4) is 6.07 Å². The topological polar surface area (TPSA) is 64.9 Å². The third kappa shape index (κ3) is 3.29. The van der Waals surface area contributed by atoms with Crippen molar-refractivity contribution in [1.82, 2.24) is 5.32 Å². The van der Waals surface area contributed by atoms with Crippen LogP contribution in [-0.2, 0) is 12.8 Å². The molecule has 1 aliphatic carbocycles. The zero-order valence-corrected chi connectivity index (χ0v) is 15.2. The van der Waals surface area contributed by atoms with E-state index in [1.807, 2.05) is 6.07 Å². The second-order valence-electron chi connectivity index (χ2n) is 5.06. The van der Waals surface area contributed by atoms with Crippen LogP contribution in [0.4, 0.5) is 5.00 Å². The molecular formula is C16H12BrN3OS2. The van der Waals surface area contributed by atoms with E-state index in [-0.39, 0.29) is 11.0 Å². The van der Waals surface area contributed by atoms with Crippen LogP contribution in [-0.4, -0.2) is 11.0 Å². The van der Waals surface area contributed by atoms with E-state index in [1.165, 1.54) is 4.88 Å². The lowest BCUT2D eigenvalue weighted by Gasteiger charge is -2.09. The van der Waals surface area contributed by atoms with Crippen molar-refractivity contribution in [3.63, 3.8) is 0 Å². The third-order valence-electron chi connectivity index (χ3n) is 3.61. The van der Waals surface area contributed by atoms with Gasteiger partial charge in [-0.05, 0) is 65.1 Å². The minimum absolute atomic E-state index is 0.196. The molecule has 23 heavy (non-hydrogen) atoms. The maximum Gasteiger partial charge on any atom is 0.258 e. The van der Waals surface area contributed by atoms with Gasteiger partial charge in [0.25, 0.3) is 5.91 Å². The summed E-state index contributed by atoms with van der Waals surface area (Å²) in [4.78, 5) is 13.5. The molecule has 116 valence electrons. The van der Waals surface area contributed by atoms with E-state index in [0.29, 0.717) is 15.6 Å². The lowest BCUT2D eigenvalue weighted by molar-refractivity contribution is 0.0977. The number of nitrogens with zero attached hydrogens (tertiary/aromatic N) is 1. The molecule has 0 spiro atoms. The number of fused-ring (bicyclic) bond motifs is 1. The predicted molar refractivity (Wildman–Crippen MR) is 98.9 cm³/mol. The first-order chi connectivity index (χ1) is 11.1. The third-order valence-corrected chi connectivity index (χ3v) is 5.71. The van der Waals surface area contributed by atoms with E-state index in [9.17, 15) is 10.1 Å². The lowest BCUT2D eigenvalue weighted by Crippen LogP contribution is -2.34. The monoisotopic (exact) mass is 405 g/mol. The molecule has 2 N–H and O–H groups in total. The highest BCUT2D eigenvalue weighted by Gasteiger charge is 2.22. The van der Waals surface area contributed by atoms with Gasteiger partial charge in [-0.15, -0.1) is 11.3 Å². The number of benzene rings is 1. The molecule has 4 nitrogen and oxygen atoms in total. The number of hydrogen-bond acceptors (Lipinski definition) is 4. The van der Waals surface area contributed by atoms with Crippen LogP contribution in [0.3, 0.4) is 0 Å². The van der Waals surface area contributed by atoms with E-state index < -0.39 is 0 Å². The van der Waals surface area contributed by atoms with Gasteiger partial charge in [0.15, 0.2) is 5.11 Å². The first-order valence-electron chi connectivity index (χ1n) is 7.01. The number of carbonyl (C=O) groups excluding carboxylic acids is 1. The van der Waals surface area contributed by atoms with Gasteiger partial charge in [-0.3, -0.25) is 10.1 Å². The number of rotatable bonds is 2. The molecule has 1 aromatic heterocycles. The van der Waals surface area contributed by atoms with Gasteiger partial charge in [-0.1, -0.05) is 12.1 Å². The summed E-state index contributed by atoms with van der Waals surface area (Å²) in [6.45, 7) is 0. The van der Waals surface area contributed by atoms with Gasteiger partial charge >= 0.3 is 0 Å². The number of amides is 1. The van der Waals surface area contributed by atoms with Crippen LogP contribution in [0.2, 0.25) is 0 Å². The molecule has 1 amide bonds. The highest BCUT2D eigenvalue weighted by molar-refractivity contribution is 9.10. The molecule has 1 aliphatic rings. The molecule has 0 fully saturated rings. The van der Waals surface area contributed by atoms with Gasteiger partial charge in [0.1, 0.15) is 11.1 Å². The van der Waals surface area contributed by atoms with Crippen molar-refractivity contribution >= 4 is 55.5 Å². The fourth-order valence-electron chi connectivity index (χ4n) is 2.56. The molecule has 1 aromatic carbocycles.